The fraction of sp³-hybridized carbons (Fsp3) is 0.214. The molecule has 4 nitrogen and oxygen atoms in total. The van der Waals surface area contributed by atoms with Crippen LogP contribution in [0.2, 0.25) is 0 Å². The Labute approximate surface area is 143 Å². The highest BCUT2D eigenvalue weighted by molar-refractivity contribution is 9.10. The predicted molar refractivity (Wildman–Crippen MR) is 90.7 cm³/mol. The van der Waals surface area contributed by atoms with Gasteiger partial charge in [-0.1, -0.05) is 15.9 Å². The van der Waals surface area contributed by atoms with Crippen molar-refractivity contribution >= 4 is 48.2 Å². The summed E-state index contributed by atoms with van der Waals surface area (Å²) < 4.78 is 14.1. The Balaban J connectivity index is 1.82. The van der Waals surface area contributed by atoms with Crippen LogP contribution in [-0.4, -0.2) is 16.5 Å². The van der Waals surface area contributed by atoms with Gasteiger partial charge >= 0.3 is 0 Å². The Morgan fingerprint density at radius 3 is 2.95 bits per heavy atom. The number of nitrogens with zero attached hydrogens (tertiary/aromatic N) is 2. The molecule has 21 heavy (non-hydrogen) atoms. The van der Waals surface area contributed by atoms with Crippen LogP contribution in [0.1, 0.15) is 11.3 Å². The number of alkyl halides is 1. The largest absolute Gasteiger partial charge is 0.493 e. The summed E-state index contributed by atoms with van der Waals surface area (Å²) in [6, 6.07) is 3.97. The summed E-state index contributed by atoms with van der Waals surface area (Å²) in [6.45, 7) is 0.400. The molecule has 3 aromatic rings. The number of hydrogen-bond acceptors (Lipinski definition) is 4. The predicted octanol–water partition coefficient (Wildman–Crippen LogP) is 4.64. The fourth-order valence-corrected chi connectivity index (χ4v) is 3.63. The summed E-state index contributed by atoms with van der Waals surface area (Å²) in [6.07, 6.45) is 3.96. The van der Waals surface area contributed by atoms with Gasteiger partial charge in [0.1, 0.15) is 6.61 Å². The second-order valence-electron chi connectivity index (χ2n) is 4.36. The Morgan fingerprint density at radius 1 is 1.38 bits per heavy atom. The zero-order valence-electron chi connectivity index (χ0n) is 11.2. The number of rotatable bonds is 5. The van der Waals surface area contributed by atoms with E-state index >= 15 is 0 Å². The van der Waals surface area contributed by atoms with Crippen LogP contribution in [0.15, 0.2) is 34.4 Å². The molecule has 0 saturated carbocycles. The molecule has 0 aliphatic rings. The van der Waals surface area contributed by atoms with Crippen molar-refractivity contribution in [2.75, 3.05) is 7.11 Å². The van der Waals surface area contributed by atoms with E-state index in [1.165, 1.54) is 0 Å². The molecule has 0 atom stereocenters. The molecule has 0 amide bonds. The van der Waals surface area contributed by atoms with Gasteiger partial charge < -0.3 is 9.47 Å². The van der Waals surface area contributed by atoms with Crippen molar-refractivity contribution < 1.29 is 9.47 Å². The first kappa shape index (κ1) is 14.9. The summed E-state index contributed by atoms with van der Waals surface area (Å²) in [5.74, 6) is 1.40. The van der Waals surface area contributed by atoms with Gasteiger partial charge in [-0.3, -0.25) is 4.40 Å². The van der Waals surface area contributed by atoms with Crippen LogP contribution in [0.5, 0.6) is 11.5 Å². The Kier molecular flexibility index (Phi) is 4.51. The van der Waals surface area contributed by atoms with E-state index in [1.807, 2.05) is 34.3 Å². The van der Waals surface area contributed by atoms with Crippen molar-refractivity contribution in [3.05, 3.63) is 45.6 Å². The molecule has 110 valence electrons. The van der Waals surface area contributed by atoms with E-state index in [2.05, 4.69) is 36.8 Å². The molecule has 0 radical (unpaired) electrons. The van der Waals surface area contributed by atoms with Gasteiger partial charge in [0.15, 0.2) is 16.5 Å². The smallest absolute Gasteiger partial charge is 0.193 e. The standard InChI is InChI=1S/C14H12Br2N2O2S/c1-19-12-5-9(6-15)4-11(16)13(12)20-8-10-7-18-2-3-21-14(18)17-10/h2-5,7H,6,8H2,1H3. The van der Waals surface area contributed by atoms with Gasteiger partial charge in [-0.25, -0.2) is 4.98 Å². The maximum Gasteiger partial charge on any atom is 0.193 e. The van der Waals surface area contributed by atoms with Crippen LogP contribution in [-0.2, 0) is 11.9 Å². The van der Waals surface area contributed by atoms with E-state index in [1.54, 1.807) is 18.4 Å². The molecule has 2 heterocycles. The van der Waals surface area contributed by atoms with Crippen molar-refractivity contribution in [2.45, 2.75) is 11.9 Å². The van der Waals surface area contributed by atoms with Crippen LogP contribution < -0.4 is 9.47 Å². The van der Waals surface area contributed by atoms with Gasteiger partial charge in [-0.2, -0.15) is 0 Å². The van der Waals surface area contributed by atoms with E-state index in [-0.39, 0.29) is 0 Å². The molecule has 2 aromatic heterocycles. The fourth-order valence-electron chi connectivity index (χ4n) is 1.98. The SMILES string of the molecule is COc1cc(CBr)cc(Br)c1OCc1cn2ccsc2n1. The first-order valence-corrected chi connectivity index (χ1v) is 8.97. The lowest BCUT2D eigenvalue weighted by atomic mass is 10.2. The number of imidazole rings is 1. The number of methoxy groups -OCH3 is 1. The van der Waals surface area contributed by atoms with Gasteiger partial charge in [-0.15, -0.1) is 11.3 Å². The quantitative estimate of drug-likeness (QED) is 0.552. The molecule has 1 aromatic carbocycles. The maximum atomic E-state index is 5.88. The highest BCUT2D eigenvalue weighted by Crippen LogP contribution is 2.37. The number of aromatic nitrogens is 2. The molecule has 0 aliphatic carbocycles. The molecule has 0 unspecified atom stereocenters. The first-order chi connectivity index (χ1) is 10.2. The molecule has 0 fully saturated rings. The van der Waals surface area contributed by atoms with E-state index in [9.17, 15) is 0 Å². The average Bonchev–Trinajstić information content (AvgIpc) is 3.06. The lowest BCUT2D eigenvalue weighted by molar-refractivity contribution is 0.279. The monoisotopic (exact) mass is 430 g/mol. The van der Waals surface area contributed by atoms with Crippen LogP contribution in [0, 0.1) is 0 Å². The zero-order chi connectivity index (χ0) is 14.8. The molecule has 0 spiro atoms. The number of ether oxygens (including phenoxy) is 2. The zero-order valence-corrected chi connectivity index (χ0v) is 15.2. The van der Waals surface area contributed by atoms with E-state index in [0.717, 1.165) is 26.0 Å². The van der Waals surface area contributed by atoms with Crippen molar-refractivity contribution in [2.24, 2.45) is 0 Å². The van der Waals surface area contributed by atoms with Gasteiger partial charge in [0.2, 0.25) is 0 Å². The molecule has 0 saturated heterocycles. The minimum absolute atomic E-state index is 0.400. The van der Waals surface area contributed by atoms with Crippen molar-refractivity contribution in [1.29, 1.82) is 0 Å². The number of thiazole rings is 1. The number of fused-ring (bicyclic) bond motifs is 1. The van der Waals surface area contributed by atoms with Crippen molar-refractivity contribution in [1.82, 2.24) is 9.38 Å². The van der Waals surface area contributed by atoms with E-state index in [0.29, 0.717) is 18.1 Å². The highest BCUT2D eigenvalue weighted by Gasteiger charge is 2.12. The molecular formula is C14H12Br2N2O2S. The van der Waals surface area contributed by atoms with Crippen molar-refractivity contribution in [3.63, 3.8) is 0 Å². The number of halogens is 2. The van der Waals surface area contributed by atoms with Gasteiger partial charge in [0.25, 0.3) is 0 Å². The Hall–Kier alpha value is -1.05. The minimum atomic E-state index is 0.400. The van der Waals surface area contributed by atoms with Crippen LogP contribution in [0.4, 0.5) is 0 Å². The third kappa shape index (κ3) is 3.09. The molecule has 7 heteroatoms. The molecule has 0 bridgehead atoms. The minimum Gasteiger partial charge on any atom is -0.493 e. The van der Waals surface area contributed by atoms with E-state index < -0.39 is 0 Å². The first-order valence-electron chi connectivity index (χ1n) is 6.17. The van der Waals surface area contributed by atoms with Gasteiger partial charge in [-0.05, 0) is 33.6 Å². The van der Waals surface area contributed by atoms with E-state index in [4.69, 9.17) is 9.47 Å². The van der Waals surface area contributed by atoms with Gasteiger partial charge in [0, 0.05) is 23.1 Å². The topological polar surface area (TPSA) is 35.8 Å². The van der Waals surface area contributed by atoms with Crippen molar-refractivity contribution in [3.8, 4) is 11.5 Å². The molecule has 0 N–H and O–H groups in total. The Morgan fingerprint density at radius 2 is 2.24 bits per heavy atom. The average molecular weight is 432 g/mol. The summed E-state index contributed by atoms with van der Waals surface area (Å²) in [5, 5.41) is 2.77. The van der Waals surface area contributed by atoms with Crippen LogP contribution in [0.3, 0.4) is 0 Å². The van der Waals surface area contributed by atoms with Crippen LogP contribution >= 0.6 is 43.2 Å². The molecule has 3 rings (SSSR count). The molecular weight excluding hydrogens is 420 g/mol. The van der Waals surface area contributed by atoms with Crippen LogP contribution in [0.25, 0.3) is 4.96 Å². The summed E-state index contributed by atoms with van der Waals surface area (Å²) >= 11 is 8.58. The summed E-state index contributed by atoms with van der Waals surface area (Å²) in [7, 11) is 1.64. The number of benzene rings is 1. The second kappa shape index (κ2) is 6.37. The number of hydrogen-bond donors (Lipinski definition) is 0. The summed E-state index contributed by atoms with van der Waals surface area (Å²) in [4.78, 5) is 5.47. The Bertz CT molecular complexity index is 741. The third-order valence-electron chi connectivity index (χ3n) is 2.95. The second-order valence-corrected chi connectivity index (χ2v) is 6.64. The normalized spacial score (nSPS) is 11.0. The third-order valence-corrected chi connectivity index (χ3v) is 4.96. The summed E-state index contributed by atoms with van der Waals surface area (Å²) in [5.41, 5.74) is 2.01. The lowest BCUT2D eigenvalue weighted by Crippen LogP contribution is -1.99. The molecule has 0 aliphatic heterocycles. The van der Waals surface area contributed by atoms with Gasteiger partial charge in [0.05, 0.1) is 17.3 Å². The maximum absolute atomic E-state index is 5.88. The highest BCUT2D eigenvalue weighted by atomic mass is 79.9. The lowest BCUT2D eigenvalue weighted by Gasteiger charge is -2.13.